The van der Waals surface area contributed by atoms with Gasteiger partial charge in [-0.05, 0) is 36.2 Å². The highest BCUT2D eigenvalue weighted by Crippen LogP contribution is 2.37. The molecule has 146 valence electrons. The molecule has 0 fully saturated rings. The van der Waals surface area contributed by atoms with Gasteiger partial charge in [-0.2, -0.15) is 0 Å². The molecular weight excluding hydrogens is 354 g/mol. The lowest BCUT2D eigenvalue weighted by molar-refractivity contribution is 0.223. The lowest BCUT2D eigenvalue weighted by Gasteiger charge is -2.32. The average molecular weight is 379 g/mol. The van der Waals surface area contributed by atoms with Crippen LogP contribution in [0.4, 0.5) is 0 Å². The van der Waals surface area contributed by atoms with Crippen molar-refractivity contribution < 1.29 is 14.6 Å². The summed E-state index contributed by atoms with van der Waals surface area (Å²) in [5, 5.41) is 9.93. The van der Waals surface area contributed by atoms with E-state index < -0.39 is 0 Å². The monoisotopic (exact) mass is 379 g/mol. The zero-order chi connectivity index (χ0) is 19.7. The molecule has 0 amide bonds. The van der Waals surface area contributed by atoms with Crippen molar-refractivity contribution in [2.75, 3.05) is 20.8 Å². The summed E-state index contributed by atoms with van der Waals surface area (Å²) in [6, 6.07) is 11.6. The number of aromatic hydroxyl groups is 1. The third-order valence-electron chi connectivity index (χ3n) is 5.27. The first kappa shape index (κ1) is 18.4. The summed E-state index contributed by atoms with van der Waals surface area (Å²) in [5.74, 6) is 1.90. The molecule has 6 nitrogen and oxygen atoms in total. The number of hydrogen-bond acceptors (Lipinski definition) is 5. The number of benzene rings is 2. The molecule has 0 bridgehead atoms. The van der Waals surface area contributed by atoms with E-state index in [9.17, 15) is 5.11 Å². The van der Waals surface area contributed by atoms with E-state index in [0.29, 0.717) is 0 Å². The van der Waals surface area contributed by atoms with Crippen LogP contribution in [0.15, 0.2) is 42.7 Å². The number of rotatable bonds is 5. The van der Waals surface area contributed by atoms with Gasteiger partial charge in [0.2, 0.25) is 0 Å². The first-order valence-electron chi connectivity index (χ1n) is 9.34. The van der Waals surface area contributed by atoms with Crippen LogP contribution in [-0.2, 0) is 13.1 Å². The van der Waals surface area contributed by atoms with Crippen molar-refractivity contribution in [1.29, 1.82) is 0 Å². The van der Waals surface area contributed by atoms with Crippen LogP contribution in [0, 0.1) is 6.92 Å². The number of ether oxygens (including phenoxy) is 2. The van der Waals surface area contributed by atoms with Crippen LogP contribution < -0.4 is 9.47 Å². The Labute approximate surface area is 164 Å². The smallest absolute Gasteiger partial charge is 0.165 e. The van der Waals surface area contributed by atoms with Gasteiger partial charge in [-0.15, -0.1) is 0 Å². The zero-order valence-electron chi connectivity index (χ0n) is 16.4. The second kappa shape index (κ2) is 7.56. The number of phenolic OH excluding ortho intramolecular Hbond substituents is 1. The van der Waals surface area contributed by atoms with E-state index >= 15 is 0 Å². The van der Waals surface area contributed by atoms with Gasteiger partial charge in [0.25, 0.3) is 0 Å². The number of aromatic nitrogens is 2. The van der Waals surface area contributed by atoms with Crippen LogP contribution in [0.3, 0.4) is 0 Å². The summed E-state index contributed by atoms with van der Waals surface area (Å²) < 4.78 is 11.1. The molecule has 4 rings (SSSR count). The van der Waals surface area contributed by atoms with Gasteiger partial charge in [0, 0.05) is 31.1 Å². The van der Waals surface area contributed by atoms with Crippen molar-refractivity contribution in [2.45, 2.75) is 25.9 Å². The van der Waals surface area contributed by atoms with E-state index in [1.807, 2.05) is 24.3 Å². The highest BCUT2D eigenvalue weighted by Gasteiger charge is 2.29. The summed E-state index contributed by atoms with van der Waals surface area (Å²) >= 11 is 0. The van der Waals surface area contributed by atoms with Crippen molar-refractivity contribution in [2.24, 2.45) is 0 Å². The molecule has 0 radical (unpaired) electrons. The second-order valence-corrected chi connectivity index (χ2v) is 7.24. The number of nitrogens with zero attached hydrogens (tertiary/aromatic N) is 2. The largest absolute Gasteiger partial charge is 0.508 e. The molecule has 6 heteroatoms. The van der Waals surface area contributed by atoms with E-state index in [1.165, 1.54) is 0 Å². The molecule has 2 heterocycles. The molecule has 3 aromatic rings. The first-order chi connectivity index (χ1) is 13.6. The first-order valence-corrected chi connectivity index (χ1v) is 9.34. The van der Waals surface area contributed by atoms with Crippen LogP contribution >= 0.6 is 0 Å². The van der Waals surface area contributed by atoms with Gasteiger partial charge in [-0.1, -0.05) is 18.2 Å². The minimum absolute atomic E-state index is 0.0970. The molecular formula is C22H25N3O3. The Morgan fingerprint density at radius 2 is 2.07 bits per heavy atom. The van der Waals surface area contributed by atoms with Crippen molar-refractivity contribution in [1.82, 2.24) is 14.9 Å². The van der Waals surface area contributed by atoms with Crippen molar-refractivity contribution >= 4 is 0 Å². The Morgan fingerprint density at radius 3 is 2.82 bits per heavy atom. The quantitative estimate of drug-likeness (QED) is 0.709. The molecule has 1 atom stereocenters. The van der Waals surface area contributed by atoms with Crippen LogP contribution in [-0.4, -0.2) is 40.7 Å². The van der Waals surface area contributed by atoms with E-state index in [4.69, 9.17) is 9.47 Å². The molecule has 0 aliphatic carbocycles. The van der Waals surface area contributed by atoms with Gasteiger partial charge < -0.3 is 19.6 Å². The fraction of sp³-hybridized carbons (Fsp3) is 0.318. The summed E-state index contributed by atoms with van der Waals surface area (Å²) in [6.45, 7) is 4.38. The molecule has 2 N–H and O–H groups in total. The van der Waals surface area contributed by atoms with Crippen LogP contribution in [0.1, 0.15) is 34.0 Å². The van der Waals surface area contributed by atoms with Gasteiger partial charge in [-0.25, -0.2) is 4.98 Å². The predicted molar refractivity (Wildman–Crippen MR) is 107 cm³/mol. The van der Waals surface area contributed by atoms with Crippen LogP contribution in [0.5, 0.6) is 17.2 Å². The third-order valence-corrected chi connectivity index (χ3v) is 5.27. The molecule has 0 saturated heterocycles. The van der Waals surface area contributed by atoms with Gasteiger partial charge in [0.15, 0.2) is 11.5 Å². The number of fused-ring (bicyclic) bond motifs is 1. The molecule has 2 aromatic carbocycles. The zero-order valence-corrected chi connectivity index (χ0v) is 16.4. The summed E-state index contributed by atoms with van der Waals surface area (Å²) in [4.78, 5) is 10.2. The summed E-state index contributed by atoms with van der Waals surface area (Å²) in [7, 11) is 3.34. The van der Waals surface area contributed by atoms with E-state index in [0.717, 1.165) is 59.2 Å². The maximum absolute atomic E-state index is 9.93. The number of aromatic amines is 1. The number of aryl methyl sites for hydroxylation is 1. The maximum Gasteiger partial charge on any atom is 0.165 e. The van der Waals surface area contributed by atoms with Crippen molar-refractivity contribution in [3.05, 3.63) is 70.8 Å². The fourth-order valence-electron chi connectivity index (χ4n) is 4.07. The van der Waals surface area contributed by atoms with Crippen LogP contribution in [0.25, 0.3) is 0 Å². The average Bonchev–Trinajstić information content (AvgIpc) is 3.15. The topological polar surface area (TPSA) is 70.6 Å². The molecule has 1 aliphatic rings. The Bertz CT molecular complexity index is 983. The number of phenols is 1. The van der Waals surface area contributed by atoms with Gasteiger partial charge in [0.1, 0.15) is 5.75 Å². The minimum atomic E-state index is 0.0970. The Morgan fingerprint density at radius 1 is 1.21 bits per heavy atom. The molecule has 0 saturated carbocycles. The highest BCUT2D eigenvalue weighted by atomic mass is 16.5. The minimum Gasteiger partial charge on any atom is -0.508 e. The number of H-pyrrole nitrogens is 1. The molecule has 1 unspecified atom stereocenters. The SMILES string of the molecule is COc1cc(C)cc(CN2Cc3[nH]cnc3C(c3cccc(O)c3)C2)c1OC. The number of hydrogen-bond donors (Lipinski definition) is 2. The Hall–Kier alpha value is -2.99. The van der Waals surface area contributed by atoms with E-state index in [2.05, 4.69) is 27.9 Å². The van der Waals surface area contributed by atoms with E-state index in [1.54, 1.807) is 26.6 Å². The molecule has 1 aromatic heterocycles. The molecule has 0 spiro atoms. The lowest BCUT2D eigenvalue weighted by Crippen LogP contribution is -2.34. The van der Waals surface area contributed by atoms with Gasteiger partial charge in [-0.3, -0.25) is 4.90 Å². The predicted octanol–water partition coefficient (Wildman–Crippen LogP) is 3.59. The van der Waals surface area contributed by atoms with Crippen LogP contribution in [0.2, 0.25) is 0 Å². The van der Waals surface area contributed by atoms with Gasteiger partial charge in [0.05, 0.1) is 31.9 Å². The second-order valence-electron chi connectivity index (χ2n) is 7.24. The fourth-order valence-corrected chi connectivity index (χ4v) is 4.07. The lowest BCUT2D eigenvalue weighted by atomic mass is 9.90. The van der Waals surface area contributed by atoms with Crippen molar-refractivity contribution in [3.63, 3.8) is 0 Å². The number of methoxy groups -OCH3 is 2. The Balaban J connectivity index is 1.67. The van der Waals surface area contributed by atoms with E-state index in [-0.39, 0.29) is 11.7 Å². The summed E-state index contributed by atoms with van der Waals surface area (Å²) in [6.07, 6.45) is 1.75. The van der Waals surface area contributed by atoms with Gasteiger partial charge >= 0.3 is 0 Å². The molecule has 1 aliphatic heterocycles. The van der Waals surface area contributed by atoms with Crippen molar-refractivity contribution in [3.8, 4) is 17.2 Å². The maximum atomic E-state index is 9.93. The summed E-state index contributed by atoms with van der Waals surface area (Å²) in [5.41, 5.74) is 5.45. The molecule has 28 heavy (non-hydrogen) atoms. The third kappa shape index (κ3) is 3.43. The number of nitrogens with one attached hydrogen (secondary N) is 1. The Kier molecular flexibility index (Phi) is 4.96. The number of imidazole rings is 1. The standard InChI is InChI=1S/C22H25N3O3/c1-14-7-16(22(28-3)20(8-14)27-2)10-25-11-18(15-5-4-6-17(26)9-15)21-19(12-25)23-13-24-21/h4-9,13,18,26H,10-12H2,1-3H3,(H,23,24). The highest BCUT2D eigenvalue weighted by molar-refractivity contribution is 5.49. The normalized spacial score (nSPS) is 16.6.